The lowest BCUT2D eigenvalue weighted by molar-refractivity contribution is 0.345. The molecule has 1 aliphatic rings. The Hall–Kier alpha value is -1.02. The molecule has 0 atom stereocenters. The number of nitrogens with one attached hydrogen (secondary N) is 1. The zero-order chi connectivity index (χ0) is 10.5. The third-order valence-electron chi connectivity index (χ3n) is 3.32. The van der Waals surface area contributed by atoms with Crippen LogP contribution in [0.25, 0.3) is 0 Å². The summed E-state index contributed by atoms with van der Waals surface area (Å²) in [4.78, 5) is 0. The van der Waals surface area contributed by atoms with Gasteiger partial charge in [0.05, 0.1) is 0 Å². The van der Waals surface area contributed by atoms with Crippen LogP contribution in [0.3, 0.4) is 0 Å². The average molecular weight is 204 g/mol. The fourth-order valence-electron chi connectivity index (χ4n) is 2.31. The molecule has 0 heterocycles. The van der Waals surface area contributed by atoms with E-state index in [-0.39, 0.29) is 0 Å². The molecule has 15 heavy (non-hydrogen) atoms. The Labute approximate surface area is 91.9 Å². The van der Waals surface area contributed by atoms with Crippen molar-refractivity contribution in [2.24, 2.45) is 11.7 Å². The fourth-order valence-corrected chi connectivity index (χ4v) is 2.31. The van der Waals surface area contributed by atoms with Gasteiger partial charge >= 0.3 is 0 Å². The van der Waals surface area contributed by atoms with Crippen LogP contribution >= 0.6 is 0 Å². The highest BCUT2D eigenvalue weighted by atomic mass is 14.9. The van der Waals surface area contributed by atoms with Crippen molar-refractivity contribution in [3.05, 3.63) is 30.3 Å². The fraction of sp³-hybridized carbons (Fsp3) is 0.538. The molecule has 0 amide bonds. The molecule has 0 aliphatic heterocycles. The summed E-state index contributed by atoms with van der Waals surface area (Å²) in [7, 11) is 0. The maximum atomic E-state index is 5.68. The molecular weight excluding hydrogens is 184 g/mol. The number of para-hydroxylation sites is 1. The summed E-state index contributed by atoms with van der Waals surface area (Å²) in [6.45, 7) is 0.859. The predicted molar refractivity (Wildman–Crippen MR) is 64.9 cm³/mol. The normalized spacial score (nSPS) is 26.2. The van der Waals surface area contributed by atoms with Gasteiger partial charge in [0.2, 0.25) is 0 Å². The van der Waals surface area contributed by atoms with Crippen LogP contribution in [0, 0.1) is 5.92 Å². The molecule has 1 saturated carbocycles. The van der Waals surface area contributed by atoms with Crippen molar-refractivity contribution >= 4 is 5.69 Å². The maximum absolute atomic E-state index is 5.68. The van der Waals surface area contributed by atoms with E-state index in [0.29, 0.717) is 6.04 Å². The molecule has 2 heteroatoms. The highest BCUT2D eigenvalue weighted by molar-refractivity contribution is 5.43. The minimum absolute atomic E-state index is 0.648. The van der Waals surface area contributed by atoms with Crippen LogP contribution in [0.5, 0.6) is 0 Å². The molecule has 1 fully saturated rings. The van der Waals surface area contributed by atoms with Crippen molar-refractivity contribution in [3.8, 4) is 0 Å². The second kappa shape index (κ2) is 5.17. The first-order chi connectivity index (χ1) is 7.38. The molecule has 0 aromatic heterocycles. The predicted octanol–water partition coefficient (Wildman–Crippen LogP) is 2.62. The molecule has 2 nitrogen and oxygen atoms in total. The summed E-state index contributed by atoms with van der Waals surface area (Å²) in [5, 5.41) is 3.58. The highest BCUT2D eigenvalue weighted by Crippen LogP contribution is 2.25. The van der Waals surface area contributed by atoms with E-state index < -0.39 is 0 Å². The van der Waals surface area contributed by atoms with Gasteiger partial charge in [-0.2, -0.15) is 0 Å². The molecule has 2 rings (SSSR count). The summed E-state index contributed by atoms with van der Waals surface area (Å²) in [5.74, 6) is 0.763. The number of benzene rings is 1. The molecule has 1 aliphatic carbocycles. The second-order valence-electron chi connectivity index (χ2n) is 4.46. The van der Waals surface area contributed by atoms with E-state index in [4.69, 9.17) is 5.73 Å². The Bertz CT molecular complexity index is 276. The summed E-state index contributed by atoms with van der Waals surface area (Å²) in [6, 6.07) is 11.1. The largest absolute Gasteiger partial charge is 0.382 e. The van der Waals surface area contributed by atoms with Crippen LogP contribution in [0.4, 0.5) is 5.69 Å². The number of hydrogen-bond acceptors (Lipinski definition) is 2. The lowest BCUT2D eigenvalue weighted by atomic mass is 9.86. The standard InChI is InChI=1S/C13H20N2/c14-10-11-6-8-13(9-7-11)15-12-4-2-1-3-5-12/h1-5,11,13,15H,6-10,14H2. The number of hydrogen-bond donors (Lipinski definition) is 2. The van der Waals surface area contributed by atoms with E-state index in [9.17, 15) is 0 Å². The molecule has 0 bridgehead atoms. The molecule has 0 radical (unpaired) electrons. The molecular formula is C13H20N2. The Kier molecular flexibility index (Phi) is 3.62. The Morgan fingerprint density at radius 2 is 1.73 bits per heavy atom. The van der Waals surface area contributed by atoms with E-state index in [2.05, 4.69) is 35.6 Å². The van der Waals surface area contributed by atoms with Crippen molar-refractivity contribution in [3.63, 3.8) is 0 Å². The maximum Gasteiger partial charge on any atom is 0.0342 e. The van der Waals surface area contributed by atoms with E-state index in [1.807, 2.05) is 0 Å². The van der Waals surface area contributed by atoms with E-state index in [1.165, 1.54) is 31.4 Å². The summed E-state index contributed by atoms with van der Waals surface area (Å²) >= 11 is 0. The molecule has 0 spiro atoms. The smallest absolute Gasteiger partial charge is 0.0342 e. The quantitative estimate of drug-likeness (QED) is 0.794. The number of nitrogens with two attached hydrogens (primary N) is 1. The molecule has 0 saturated heterocycles. The summed E-state index contributed by atoms with van der Waals surface area (Å²) < 4.78 is 0. The molecule has 82 valence electrons. The van der Waals surface area contributed by atoms with Crippen LogP contribution in [0.2, 0.25) is 0 Å². The number of rotatable bonds is 3. The van der Waals surface area contributed by atoms with Gasteiger partial charge in [-0.15, -0.1) is 0 Å². The third kappa shape index (κ3) is 2.96. The monoisotopic (exact) mass is 204 g/mol. The van der Waals surface area contributed by atoms with Crippen molar-refractivity contribution in [1.29, 1.82) is 0 Å². The Morgan fingerprint density at radius 3 is 2.33 bits per heavy atom. The van der Waals surface area contributed by atoms with Gasteiger partial charge in [-0.3, -0.25) is 0 Å². The van der Waals surface area contributed by atoms with Gasteiger partial charge in [0.1, 0.15) is 0 Å². The van der Waals surface area contributed by atoms with Gasteiger partial charge in [0.15, 0.2) is 0 Å². The van der Waals surface area contributed by atoms with E-state index >= 15 is 0 Å². The zero-order valence-corrected chi connectivity index (χ0v) is 9.15. The second-order valence-corrected chi connectivity index (χ2v) is 4.46. The third-order valence-corrected chi connectivity index (χ3v) is 3.32. The minimum atomic E-state index is 0.648. The summed E-state index contributed by atoms with van der Waals surface area (Å²) in [6.07, 6.45) is 5.08. The topological polar surface area (TPSA) is 38.0 Å². The number of anilines is 1. The average Bonchev–Trinajstić information content (AvgIpc) is 2.31. The molecule has 1 aromatic carbocycles. The SMILES string of the molecule is NCC1CCC(Nc2ccccc2)CC1. The van der Waals surface area contributed by atoms with Crippen LogP contribution in [-0.4, -0.2) is 12.6 Å². The van der Waals surface area contributed by atoms with E-state index in [0.717, 1.165) is 12.5 Å². The zero-order valence-electron chi connectivity index (χ0n) is 9.15. The van der Waals surface area contributed by atoms with Crippen LogP contribution < -0.4 is 11.1 Å². The van der Waals surface area contributed by atoms with Gasteiger partial charge < -0.3 is 11.1 Å². The summed E-state index contributed by atoms with van der Waals surface area (Å²) in [5.41, 5.74) is 6.93. The van der Waals surface area contributed by atoms with Gasteiger partial charge in [-0.05, 0) is 50.3 Å². The Balaban J connectivity index is 1.82. The van der Waals surface area contributed by atoms with Crippen LogP contribution in [-0.2, 0) is 0 Å². The molecule has 3 N–H and O–H groups in total. The van der Waals surface area contributed by atoms with Crippen LogP contribution in [0.15, 0.2) is 30.3 Å². The first-order valence-electron chi connectivity index (χ1n) is 5.90. The van der Waals surface area contributed by atoms with Crippen LogP contribution in [0.1, 0.15) is 25.7 Å². The molecule has 1 aromatic rings. The van der Waals surface area contributed by atoms with Crippen molar-refractivity contribution in [2.45, 2.75) is 31.7 Å². The van der Waals surface area contributed by atoms with Gasteiger partial charge in [-0.25, -0.2) is 0 Å². The highest BCUT2D eigenvalue weighted by Gasteiger charge is 2.19. The van der Waals surface area contributed by atoms with Crippen molar-refractivity contribution in [1.82, 2.24) is 0 Å². The van der Waals surface area contributed by atoms with Gasteiger partial charge in [-0.1, -0.05) is 18.2 Å². The first kappa shape index (κ1) is 10.5. The first-order valence-corrected chi connectivity index (χ1v) is 5.90. The van der Waals surface area contributed by atoms with Gasteiger partial charge in [0.25, 0.3) is 0 Å². The van der Waals surface area contributed by atoms with Crippen molar-refractivity contribution < 1.29 is 0 Å². The van der Waals surface area contributed by atoms with E-state index in [1.54, 1.807) is 0 Å². The molecule has 0 unspecified atom stereocenters. The lowest BCUT2D eigenvalue weighted by Crippen LogP contribution is -2.29. The van der Waals surface area contributed by atoms with Gasteiger partial charge in [0, 0.05) is 11.7 Å². The van der Waals surface area contributed by atoms with Crippen molar-refractivity contribution in [2.75, 3.05) is 11.9 Å². The minimum Gasteiger partial charge on any atom is -0.382 e. The Morgan fingerprint density at radius 1 is 1.07 bits per heavy atom. The lowest BCUT2D eigenvalue weighted by Gasteiger charge is -2.29.